The Bertz CT molecular complexity index is 1690. The van der Waals surface area contributed by atoms with Crippen molar-refractivity contribution in [2.24, 2.45) is 0 Å². The lowest BCUT2D eigenvalue weighted by molar-refractivity contribution is -0.278. The van der Waals surface area contributed by atoms with Gasteiger partial charge in [0.1, 0.15) is 36.6 Å². The van der Waals surface area contributed by atoms with Crippen molar-refractivity contribution < 1.29 is 49.0 Å². The summed E-state index contributed by atoms with van der Waals surface area (Å²) in [5.74, 6) is -0.178. The molecule has 3 aromatic rings. The highest BCUT2D eigenvalue weighted by molar-refractivity contribution is 5.91. The molecule has 0 aliphatic carbocycles. The minimum absolute atomic E-state index is 0.0664. The Morgan fingerprint density at radius 3 is 2.22 bits per heavy atom. The van der Waals surface area contributed by atoms with Crippen molar-refractivity contribution in [2.75, 3.05) is 32.8 Å². The number of carbonyl (C=O) groups is 3. The molecule has 3 amide bonds. The topological polar surface area (TPSA) is 207 Å². The smallest absolute Gasteiger partial charge is 0.410 e. The third-order valence-electron chi connectivity index (χ3n) is 9.80. The zero-order chi connectivity index (χ0) is 39.0. The Hall–Kier alpha value is -4.54. The van der Waals surface area contributed by atoms with Crippen LogP contribution in [-0.4, -0.2) is 127 Å². The van der Waals surface area contributed by atoms with E-state index in [1.807, 2.05) is 68.4 Å². The van der Waals surface area contributed by atoms with E-state index < -0.39 is 48.9 Å². The van der Waals surface area contributed by atoms with Gasteiger partial charge in [0.15, 0.2) is 0 Å². The SMILES string of the molecule is CC(C)c1[nH]nc(O[C@@H]2O[C@H](CO)[C@H](O)[C@H](O)[C@H]2O)c1Cc1ccc(CCCC(=O)NC(C)(C)C(=O)N2CCN(C(=O)OCc3ccccc3)CC2)cc1. The van der Waals surface area contributed by atoms with E-state index in [1.54, 1.807) is 23.6 Å². The van der Waals surface area contributed by atoms with Gasteiger partial charge in [0.25, 0.3) is 0 Å². The summed E-state index contributed by atoms with van der Waals surface area (Å²) in [6.07, 6.45) is -5.60. The van der Waals surface area contributed by atoms with Crippen LogP contribution in [0.4, 0.5) is 4.79 Å². The van der Waals surface area contributed by atoms with Crippen LogP contribution in [0, 0.1) is 0 Å². The van der Waals surface area contributed by atoms with Gasteiger partial charge in [0, 0.05) is 50.3 Å². The molecule has 0 spiro atoms. The van der Waals surface area contributed by atoms with Crippen molar-refractivity contribution in [1.82, 2.24) is 25.3 Å². The first-order chi connectivity index (χ1) is 25.8. The Morgan fingerprint density at radius 1 is 0.926 bits per heavy atom. The normalized spacial score (nSPS) is 21.9. The quantitative estimate of drug-likeness (QED) is 0.141. The molecule has 54 heavy (non-hydrogen) atoms. The van der Waals surface area contributed by atoms with Crippen molar-refractivity contribution in [3.8, 4) is 5.88 Å². The van der Waals surface area contributed by atoms with E-state index in [0.717, 1.165) is 27.9 Å². The monoisotopic (exact) mass is 751 g/mol. The summed E-state index contributed by atoms with van der Waals surface area (Å²) in [7, 11) is 0. The molecule has 15 heteroatoms. The van der Waals surface area contributed by atoms with Gasteiger partial charge in [-0.15, -0.1) is 5.10 Å². The number of rotatable bonds is 14. The average Bonchev–Trinajstić information content (AvgIpc) is 3.56. The highest BCUT2D eigenvalue weighted by atomic mass is 16.7. The molecule has 5 rings (SSSR count). The van der Waals surface area contributed by atoms with Crippen LogP contribution < -0.4 is 10.1 Å². The first kappa shape index (κ1) is 40.6. The van der Waals surface area contributed by atoms with Crippen LogP contribution in [-0.2, 0) is 38.5 Å². The molecule has 1 aromatic heterocycles. The number of aromatic amines is 1. The number of H-pyrrole nitrogens is 1. The first-order valence-electron chi connectivity index (χ1n) is 18.5. The third kappa shape index (κ3) is 10.2. The summed E-state index contributed by atoms with van der Waals surface area (Å²) < 4.78 is 16.8. The molecule has 2 aliphatic rings. The molecule has 0 saturated carbocycles. The number of nitrogens with one attached hydrogen (secondary N) is 2. The second-order valence-corrected chi connectivity index (χ2v) is 14.7. The number of amides is 3. The molecule has 0 radical (unpaired) electrons. The van der Waals surface area contributed by atoms with Gasteiger partial charge < -0.3 is 49.8 Å². The number of hydrogen-bond acceptors (Lipinski definition) is 11. The van der Waals surface area contributed by atoms with Crippen LogP contribution in [0.25, 0.3) is 0 Å². The summed E-state index contributed by atoms with van der Waals surface area (Å²) >= 11 is 0. The fourth-order valence-corrected chi connectivity index (χ4v) is 6.63. The van der Waals surface area contributed by atoms with E-state index >= 15 is 0 Å². The largest absolute Gasteiger partial charge is 0.445 e. The maximum atomic E-state index is 13.3. The lowest BCUT2D eigenvalue weighted by Crippen LogP contribution is -2.60. The summed E-state index contributed by atoms with van der Waals surface area (Å²) in [5.41, 5.74) is 3.36. The average molecular weight is 752 g/mol. The van der Waals surface area contributed by atoms with Gasteiger partial charge in [-0.25, -0.2) is 4.79 Å². The molecule has 2 aliphatic heterocycles. The number of aliphatic hydroxyl groups is 4. The Kier molecular flexibility index (Phi) is 13.7. The number of ether oxygens (including phenoxy) is 3. The minimum Gasteiger partial charge on any atom is -0.445 e. The van der Waals surface area contributed by atoms with Crippen LogP contribution in [0.2, 0.25) is 0 Å². The van der Waals surface area contributed by atoms with Crippen LogP contribution >= 0.6 is 0 Å². The molecule has 15 nitrogen and oxygen atoms in total. The number of benzene rings is 2. The third-order valence-corrected chi connectivity index (χ3v) is 9.80. The lowest BCUT2D eigenvalue weighted by atomic mass is 9.97. The molecule has 0 bridgehead atoms. The molecule has 6 N–H and O–H groups in total. The highest BCUT2D eigenvalue weighted by Crippen LogP contribution is 2.31. The van der Waals surface area contributed by atoms with Crippen molar-refractivity contribution in [1.29, 1.82) is 0 Å². The summed E-state index contributed by atoms with van der Waals surface area (Å²) in [4.78, 5) is 42.0. The number of nitrogens with zero attached hydrogens (tertiary/aromatic N) is 3. The van der Waals surface area contributed by atoms with Crippen molar-refractivity contribution in [2.45, 2.75) is 102 Å². The molecule has 294 valence electrons. The first-order valence-corrected chi connectivity index (χ1v) is 18.5. The summed E-state index contributed by atoms with van der Waals surface area (Å²) in [6, 6.07) is 17.4. The molecule has 5 atom stereocenters. The number of hydrogen-bond donors (Lipinski definition) is 6. The summed E-state index contributed by atoms with van der Waals surface area (Å²) in [6.45, 7) is 8.39. The Balaban J connectivity index is 1.07. The standard InChI is InChI=1S/C39H53N5O10/c1-24(2)31-28(35(42-41-31)54-36-34(49)33(48)32(47)29(22-45)53-36)21-26-15-13-25(14-16-26)11-8-12-30(46)40-39(3,4)37(50)43-17-19-44(20-18-43)38(51)52-23-27-9-6-5-7-10-27/h5-7,9-10,13-16,24,29,32-34,36,45,47-49H,8,11-12,17-23H2,1-4H3,(H,40,46)(H,41,42)/t29-,32+,33+,34-,36+/m1/s1. The van der Waals surface area contributed by atoms with Crippen molar-refractivity contribution in [3.63, 3.8) is 0 Å². The number of piperazine rings is 1. The summed E-state index contributed by atoms with van der Waals surface area (Å²) in [5, 5.41) is 50.5. The van der Waals surface area contributed by atoms with Gasteiger partial charge in [0.2, 0.25) is 24.0 Å². The van der Waals surface area contributed by atoms with E-state index in [1.165, 1.54) is 0 Å². The molecular formula is C39H53N5O10. The number of carbonyl (C=O) groups excluding carboxylic acids is 3. The minimum atomic E-state index is -1.57. The molecule has 0 unspecified atom stereocenters. The van der Waals surface area contributed by atoms with Crippen molar-refractivity contribution in [3.05, 3.63) is 82.5 Å². The lowest BCUT2D eigenvalue weighted by Gasteiger charge is -2.39. The molecule has 2 aromatic carbocycles. The molecule has 2 saturated heterocycles. The van der Waals surface area contributed by atoms with Crippen molar-refractivity contribution >= 4 is 17.9 Å². The highest BCUT2D eigenvalue weighted by Gasteiger charge is 2.45. The van der Waals surface area contributed by atoms with E-state index in [9.17, 15) is 34.8 Å². The second-order valence-electron chi connectivity index (χ2n) is 14.7. The number of aryl methyl sites for hydroxylation is 1. The predicted molar refractivity (Wildman–Crippen MR) is 196 cm³/mol. The van der Waals surface area contributed by atoms with E-state index in [-0.39, 0.29) is 36.6 Å². The fourth-order valence-electron chi connectivity index (χ4n) is 6.63. The van der Waals surface area contributed by atoms with E-state index in [4.69, 9.17) is 14.2 Å². The molecule has 3 heterocycles. The zero-order valence-corrected chi connectivity index (χ0v) is 31.3. The molecule has 2 fully saturated rings. The van der Waals surface area contributed by atoms with Gasteiger partial charge in [-0.05, 0) is 49.3 Å². The molecular weight excluding hydrogens is 698 g/mol. The Morgan fingerprint density at radius 2 is 1.57 bits per heavy atom. The van der Waals surface area contributed by atoms with Gasteiger partial charge in [-0.1, -0.05) is 68.4 Å². The predicted octanol–water partition coefficient (Wildman–Crippen LogP) is 2.00. The van der Waals surface area contributed by atoms with Crippen LogP contribution in [0.1, 0.15) is 74.4 Å². The van der Waals surface area contributed by atoms with Gasteiger partial charge >= 0.3 is 6.09 Å². The fraction of sp³-hybridized carbons (Fsp3) is 0.538. The van der Waals surface area contributed by atoms with Crippen LogP contribution in [0.5, 0.6) is 5.88 Å². The van der Waals surface area contributed by atoms with Crippen LogP contribution in [0.3, 0.4) is 0 Å². The Labute approximate surface area is 315 Å². The maximum absolute atomic E-state index is 13.3. The van der Waals surface area contributed by atoms with Gasteiger partial charge in [0.05, 0.1) is 6.61 Å². The van der Waals surface area contributed by atoms with E-state index in [2.05, 4.69) is 15.5 Å². The van der Waals surface area contributed by atoms with Gasteiger partial charge in [-0.2, -0.15) is 0 Å². The van der Waals surface area contributed by atoms with Gasteiger partial charge in [-0.3, -0.25) is 14.7 Å². The van der Waals surface area contributed by atoms with Crippen LogP contribution in [0.15, 0.2) is 54.6 Å². The zero-order valence-electron chi connectivity index (χ0n) is 31.3. The number of aromatic nitrogens is 2. The maximum Gasteiger partial charge on any atom is 0.410 e. The second kappa shape index (κ2) is 18.2. The number of aliphatic hydroxyl groups excluding tert-OH is 4. The van der Waals surface area contributed by atoms with E-state index in [0.29, 0.717) is 45.4 Å².